The molecule has 12 rings (SSSR count). The Morgan fingerprint density at radius 3 is 1.41 bits per heavy atom. The minimum Gasteiger partial charge on any atom is -0.310 e. The van der Waals surface area contributed by atoms with Gasteiger partial charge in [-0.15, -0.1) is 0 Å². The van der Waals surface area contributed by atoms with Crippen LogP contribution in [0.1, 0.15) is 24.0 Å². The van der Waals surface area contributed by atoms with Crippen LogP contribution in [0, 0.1) is 0 Å². The second-order valence-corrected chi connectivity index (χ2v) is 16.4. The summed E-state index contributed by atoms with van der Waals surface area (Å²) in [7, 11) is 0. The lowest BCUT2D eigenvalue weighted by Gasteiger charge is -2.30. The average Bonchev–Trinajstić information content (AvgIpc) is 3.44. The van der Waals surface area contributed by atoms with Crippen LogP contribution in [0.15, 0.2) is 224 Å². The van der Waals surface area contributed by atoms with Crippen molar-refractivity contribution in [1.29, 1.82) is 0 Å². The number of anilines is 3. The molecule has 0 spiro atoms. The van der Waals surface area contributed by atoms with E-state index < -0.39 is 0 Å². The molecule has 0 amide bonds. The molecule has 0 aliphatic heterocycles. The van der Waals surface area contributed by atoms with Crippen molar-refractivity contribution in [3.05, 3.63) is 236 Å². The predicted molar refractivity (Wildman–Crippen MR) is 258 cm³/mol. The van der Waals surface area contributed by atoms with Crippen molar-refractivity contribution in [1.82, 2.24) is 0 Å². The molecule has 0 fully saturated rings. The van der Waals surface area contributed by atoms with Gasteiger partial charge in [-0.05, 0) is 136 Å². The van der Waals surface area contributed by atoms with Gasteiger partial charge in [0.15, 0.2) is 0 Å². The first-order valence-electron chi connectivity index (χ1n) is 21.3. The number of nitrogens with zero attached hydrogens (tertiary/aromatic N) is 1. The van der Waals surface area contributed by atoms with Crippen LogP contribution in [-0.2, 0) is 0 Å². The normalized spacial score (nSPS) is 12.3. The number of benzene rings is 10. The van der Waals surface area contributed by atoms with Gasteiger partial charge in [0.25, 0.3) is 0 Å². The highest BCUT2D eigenvalue weighted by Crippen LogP contribution is 2.58. The van der Waals surface area contributed by atoms with Gasteiger partial charge < -0.3 is 4.90 Å². The Kier molecular flexibility index (Phi) is 8.21. The minimum absolute atomic E-state index is 0.0918. The molecule has 286 valence electrons. The third-order valence-electron chi connectivity index (χ3n) is 13.1. The molecule has 10 aromatic rings. The van der Waals surface area contributed by atoms with E-state index >= 15 is 0 Å². The van der Waals surface area contributed by atoms with Gasteiger partial charge >= 0.3 is 0 Å². The molecule has 1 atom stereocenters. The van der Waals surface area contributed by atoms with E-state index in [0.29, 0.717) is 0 Å². The maximum absolute atomic E-state index is 2.48. The van der Waals surface area contributed by atoms with E-state index in [-0.39, 0.29) is 5.92 Å². The second kappa shape index (κ2) is 14.2. The third-order valence-corrected chi connectivity index (χ3v) is 13.1. The fourth-order valence-electron chi connectivity index (χ4n) is 10.2. The molecule has 0 saturated carbocycles. The number of hydrogen-bond acceptors (Lipinski definition) is 1. The molecule has 1 heteroatoms. The van der Waals surface area contributed by atoms with E-state index in [9.17, 15) is 0 Å². The molecule has 0 unspecified atom stereocenters. The highest BCUT2D eigenvalue weighted by molar-refractivity contribution is 6.15. The second-order valence-electron chi connectivity index (χ2n) is 16.4. The molecule has 6 bridgehead atoms. The lowest BCUT2D eigenvalue weighted by molar-refractivity contribution is 0.926. The van der Waals surface area contributed by atoms with Crippen molar-refractivity contribution in [2.75, 3.05) is 4.90 Å². The van der Waals surface area contributed by atoms with Crippen LogP contribution >= 0.6 is 0 Å². The van der Waals surface area contributed by atoms with Crippen LogP contribution in [0.5, 0.6) is 0 Å². The molecule has 61 heavy (non-hydrogen) atoms. The van der Waals surface area contributed by atoms with Gasteiger partial charge in [0.05, 0.1) is 0 Å². The summed E-state index contributed by atoms with van der Waals surface area (Å²) in [5.41, 5.74) is 23.8. The summed E-state index contributed by atoms with van der Waals surface area (Å²) in [5, 5.41) is 2.44. The van der Waals surface area contributed by atoms with E-state index in [1.807, 2.05) is 0 Å². The molecule has 10 aromatic carbocycles. The summed E-state index contributed by atoms with van der Waals surface area (Å²) in [5.74, 6) is 0.0918. The molecule has 1 nitrogen and oxygen atoms in total. The van der Waals surface area contributed by atoms with Crippen molar-refractivity contribution in [3.63, 3.8) is 0 Å². The van der Waals surface area contributed by atoms with Crippen LogP contribution in [0.25, 0.3) is 88.7 Å². The Balaban J connectivity index is 1.10. The minimum atomic E-state index is 0.0918. The molecular formula is C60H41N. The lowest BCUT2D eigenvalue weighted by Crippen LogP contribution is -2.12. The Labute approximate surface area is 357 Å². The van der Waals surface area contributed by atoms with E-state index in [1.165, 1.54) is 99.8 Å². The Morgan fingerprint density at radius 2 is 0.721 bits per heavy atom. The van der Waals surface area contributed by atoms with Crippen molar-refractivity contribution < 1.29 is 0 Å². The number of fused-ring (bicyclic) bond motifs is 5. The summed E-state index contributed by atoms with van der Waals surface area (Å²) in [6, 6.07) is 83.1. The monoisotopic (exact) mass is 775 g/mol. The fourth-order valence-corrected chi connectivity index (χ4v) is 10.2. The van der Waals surface area contributed by atoms with Crippen LogP contribution in [0.2, 0.25) is 0 Å². The van der Waals surface area contributed by atoms with E-state index in [2.05, 4.69) is 236 Å². The first-order valence-corrected chi connectivity index (χ1v) is 21.3. The lowest BCUT2D eigenvalue weighted by atomic mass is 9.83. The molecule has 0 aromatic heterocycles. The van der Waals surface area contributed by atoms with Crippen molar-refractivity contribution in [2.45, 2.75) is 12.8 Å². The summed E-state index contributed by atoms with van der Waals surface area (Å²) in [6.07, 6.45) is 0. The van der Waals surface area contributed by atoms with Gasteiger partial charge in [-0.2, -0.15) is 0 Å². The van der Waals surface area contributed by atoms with Gasteiger partial charge in [-0.1, -0.05) is 195 Å². The Morgan fingerprint density at radius 1 is 0.279 bits per heavy atom. The van der Waals surface area contributed by atoms with E-state index in [0.717, 1.165) is 17.1 Å². The molecule has 0 saturated heterocycles. The van der Waals surface area contributed by atoms with Crippen molar-refractivity contribution in [2.24, 2.45) is 0 Å². The summed E-state index contributed by atoms with van der Waals surface area (Å²) in [4.78, 5) is 2.48. The summed E-state index contributed by atoms with van der Waals surface area (Å²) < 4.78 is 0. The largest absolute Gasteiger partial charge is 0.310 e. The first kappa shape index (κ1) is 35.2. The molecular weight excluding hydrogens is 735 g/mol. The summed E-state index contributed by atoms with van der Waals surface area (Å²) in [6.45, 7) is 2.37. The van der Waals surface area contributed by atoms with Crippen molar-refractivity contribution >= 4 is 27.8 Å². The van der Waals surface area contributed by atoms with Crippen LogP contribution in [-0.4, -0.2) is 0 Å². The van der Waals surface area contributed by atoms with Gasteiger partial charge in [0.1, 0.15) is 0 Å². The van der Waals surface area contributed by atoms with E-state index in [1.54, 1.807) is 0 Å². The van der Waals surface area contributed by atoms with Crippen LogP contribution in [0.3, 0.4) is 0 Å². The zero-order valence-electron chi connectivity index (χ0n) is 33.9. The quantitative estimate of drug-likeness (QED) is 0.156. The highest BCUT2D eigenvalue weighted by Gasteiger charge is 2.31. The van der Waals surface area contributed by atoms with Crippen LogP contribution < -0.4 is 4.90 Å². The van der Waals surface area contributed by atoms with Gasteiger partial charge in [0, 0.05) is 23.0 Å². The first-order chi connectivity index (χ1) is 30.2. The molecule has 0 heterocycles. The smallest absolute Gasteiger partial charge is 0.0468 e. The predicted octanol–water partition coefficient (Wildman–Crippen LogP) is 16.8. The molecule has 2 aliphatic carbocycles. The van der Waals surface area contributed by atoms with E-state index in [4.69, 9.17) is 0 Å². The molecule has 0 N–H and O–H groups in total. The van der Waals surface area contributed by atoms with Gasteiger partial charge in [0.2, 0.25) is 0 Å². The number of hydrogen-bond donors (Lipinski definition) is 0. The molecule has 0 radical (unpaired) electrons. The number of rotatable bonds is 7. The van der Waals surface area contributed by atoms with Gasteiger partial charge in [-0.3, -0.25) is 0 Å². The topological polar surface area (TPSA) is 3.24 Å². The zero-order chi connectivity index (χ0) is 40.4. The maximum atomic E-state index is 2.48. The Hall–Kier alpha value is -7.74. The summed E-state index contributed by atoms with van der Waals surface area (Å²) >= 11 is 0. The fraction of sp³-hybridized carbons (Fsp3) is 0.0333. The van der Waals surface area contributed by atoms with Crippen molar-refractivity contribution in [3.8, 4) is 77.9 Å². The van der Waals surface area contributed by atoms with Crippen LogP contribution in [0.4, 0.5) is 17.1 Å². The Bertz CT molecular complexity index is 3300. The zero-order valence-corrected chi connectivity index (χ0v) is 33.9. The highest BCUT2D eigenvalue weighted by atomic mass is 15.1. The maximum Gasteiger partial charge on any atom is 0.0468 e. The van der Waals surface area contributed by atoms with Gasteiger partial charge in [-0.25, -0.2) is 0 Å². The molecule has 2 aliphatic rings. The standard InChI is InChI=1S/C60H41N/c1-39(47-22-10-11-23-48(47)41-17-4-2-5-18-41)57-37-45(32-34-49(57)42-19-6-3-7-20-42)61(44-31-30-40-16-8-9-21-43(40)36-44)46-33-35-51-54-27-15-28-55-56-29-14-26-53(60(56)58(51)38-46)50-24-12-13-25-52(50)59(54)55/h2-39H,1H3/t39-/m0/s1. The average molecular weight is 776 g/mol. The SMILES string of the molecule is C[C@@H](c1ccccc1-c1ccccc1)c1cc(N(c2ccc3c(c2)-c2c4cccc2-c2cccc-3c2-c2ccccc2-4)c2ccc3ccccc3c2)ccc1-c1ccccc1. The third kappa shape index (κ3) is 5.69.